The zero-order valence-corrected chi connectivity index (χ0v) is 10.8. The van der Waals surface area contributed by atoms with E-state index in [-0.39, 0.29) is 18.4 Å². The topological polar surface area (TPSA) is 87.3 Å². The number of hydrogen-bond donors (Lipinski definition) is 3. The first-order valence-corrected chi connectivity index (χ1v) is 6.59. The highest BCUT2D eigenvalue weighted by atomic mass is 16.2. The molecule has 20 heavy (non-hydrogen) atoms. The number of carbonyl (C=O) groups is 3. The quantitative estimate of drug-likeness (QED) is 0.670. The molecular formula is C14H15N3O3. The highest BCUT2D eigenvalue weighted by Crippen LogP contribution is 2.21. The number of nitrogens with one attached hydrogen (secondary N) is 3. The maximum atomic E-state index is 11.9. The zero-order valence-electron chi connectivity index (χ0n) is 10.8. The number of fused-ring (bicyclic) bond motifs is 1. The average molecular weight is 273 g/mol. The molecule has 1 aromatic carbocycles. The van der Waals surface area contributed by atoms with Crippen molar-refractivity contribution >= 4 is 17.8 Å². The Balaban J connectivity index is 1.54. The van der Waals surface area contributed by atoms with Crippen molar-refractivity contribution in [1.82, 2.24) is 16.0 Å². The molecule has 0 saturated carbocycles. The Kier molecular flexibility index (Phi) is 3.14. The third kappa shape index (κ3) is 2.49. The Labute approximate surface area is 115 Å². The molecule has 1 aromatic rings. The van der Waals surface area contributed by atoms with E-state index in [1.165, 1.54) is 11.1 Å². The van der Waals surface area contributed by atoms with Crippen LogP contribution >= 0.6 is 0 Å². The molecule has 6 nitrogen and oxygen atoms in total. The number of rotatable bonds is 3. The van der Waals surface area contributed by atoms with Gasteiger partial charge in [0, 0.05) is 6.04 Å². The van der Waals surface area contributed by atoms with Crippen LogP contribution in [0.25, 0.3) is 0 Å². The van der Waals surface area contributed by atoms with E-state index >= 15 is 0 Å². The van der Waals surface area contributed by atoms with E-state index in [0.29, 0.717) is 0 Å². The summed E-state index contributed by atoms with van der Waals surface area (Å²) in [6, 6.07) is 6.87. The molecule has 3 rings (SSSR count). The van der Waals surface area contributed by atoms with Gasteiger partial charge in [-0.05, 0) is 24.0 Å². The maximum absolute atomic E-state index is 11.9. The second kappa shape index (κ2) is 4.96. The van der Waals surface area contributed by atoms with Crippen LogP contribution in [0.3, 0.4) is 0 Å². The maximum Gasteiger partial charge on any atom is 0.322 e. The lowest BCUT2D eigenvalue weighted by Gasteiger charge is -2.13. The van der Waals surface area contributed by atoms with Gasteiger partial charge in [0.05, 0.1) is 6.42 Å². The number of carbonyl (C=O) groups excluding carboxylic acids is 3. The SMILES string of the molecule is O=C(CC1NC(=O)NC1=O)NC1Cc2ccccc2C1. The van der Waals surface area contributed by atoms with Gasteiger partial charge in [-0.1, -0.05) is 24.3 Å². The van der Waals surface area contributed by atoms with Gasteiger partial charge in [-0.3, -0.25) is 14.9 Å². The van der Waals surface area contributed by atoms with E-state index < -0.39 is 18.0 Å². The highest BCUT2D eigenvalue weighted by Gasteiger charge is 2.32. The van der Waals surface area contributed by atoms with Gasteiger partial charge in [0.1, 0.15) is 6.04 Å². The lowest BCUT2D eigenvalue weighted by Crippen LogP contribution is -2.40. The Morgan fingerprint density at radius 1 is 1.20 bits per heavy atom. The standard InChI is InChI=1S/C14H15N3O3/c18-12(7-11-13(19)17-14(20)16-11)15-10-5-8-3-1-2-4-9(8)6-10/h1-4,10-11H,5-7H2,(H,15,18)(H2,16,17,19,20). The molecule has 104 valence electrons. The van der Waals surface area contributed by atoms with Crippen LogP contribution in [0.15, 0.2) is 24.3 Å². The van der Waals surface area contributed by atoms with E-state index in [1.807, 2.05) is 12.1 Å². The normalized spacial score (nSPS) is 21.3. The summed E-state index contributed by atoms with van der Waals surface area (Å²) in [7, 11) is 0. The van der Waals surface area contributed by atoms with Crippen molar-refractivity contribution in [2.24, 2.45) is 0 Å². The van der Waals surface area contributed by atoms with Crippen molar-refractivity contribution in [1.29, 1.82) is 0 Å². The van der Waals surface area contributed by atoms with E-state index in [1.54, 1.807) is 0 Å². The molecule has 1 fully saturated rings. The third-order valence-electron chi connectivity index (χ3n) is 3.66. The van der Waals surface area contributed by atoms with Crippen LogP contribution in [0.1, 0.15) is 17.5 Å². The van der Waals surface area contributed by atoms with E-state index in [2.05, 4.69) is 28.1 Å². The molecule has 6 heteroatoms. The van der Waals surface area contributed by atoms with Crippen LogP contribution < -0.4 is 16.0 Å². The van der Waals surface area contributed by atoms with Gasteiger partial charge in [-0.25, -0.2) is 4.79 Å². The molecule has 4 amide bonds. The molecule has 0 aromatic heterocycles. The van der Waals surface area contributed by atoms with Gasteiger partial charge in [0.2, 0.25) is 5.91 Å². The lowest BCUT2D eigenvalue weighted by atomic mass is 10.1. The minimum absolute atomic E-state index is 0.0234. The van der Waals surface area contributed by atoms with Gasteiger partial charge in [-0.15, -0.1) is 0 Å². The third-order valence-corrected chi connectivity index (χ3v) is 3.66. The van der Waals surface area contributed by atoms with Crippen LogP contribution in [0.5, 0.6) is 0 Å². The molecule has 1 saturated heterocycles. The Morgan fingerprint density at radius 3 is 2.40 bits per heavy atom. The van der Waals surface area contributed by atoms with Gasteiger partial charge in [-0.2, -0.15) is 0 Å². The summed E-state index contributed by atoms with van der Waals surface area (Å²) in [6.07, 6.45) is 1.60. The van der Waals surface area contributed by atoms with Gasteiger partial charge < -0.3 is 10.6 Å². The van der Waals surface area contributed by atoms with Crippen molar-refractivity contribution < 1.29 is 14.4 Å². The fourth-order valence-corrected chi connectivity index (χ4v) is 2.74. The predicted molar refractivity (Wildman–Crippen MR) is 70.9 cm³/mol. The molecule has 0 radical (unpaired) electrons. The van der Waals surface area contributed by atoms with Crippen LogP contribution in [-0.2, 0) is 22.4 Å². The number of urea groups is 1. The molecule has 1 unspecified atom stereocenters. The van der Waals surface area contributed by atoms with E-state index in [4.69, 9.17) is 0 Å². The molecule has 3 N–H and O–H groups in total. The average Bonchev–Trinajstić information content (AvgIpc) is 2.92. The summed E-state index contributed by atoms with van der Waals surface area (Å²) < 4.78 is 0. The van der Waals surface area contributed by atoms with Crippen LogP contribution in [-0.4, -0.2) is 29.9 Å². The summed E-state index contributed by atoms with van der Waals surface area (Å²) >= 11 is 0. The van der Waals surface area contributed by atoms with Crippen molar-refractivity contribution in [3.8, 4) is 0 Å². The molecule has 1 aliphatic carbocycles. The Morgan fingerprint density at radius 2 is 1.85 bits per heavy atom. The minimum Gasteiger partial charge on any atom is -0.353 e. The summed E-state index contributed by atoms with van der Waals surface area (Å²) in [5.74, 6) is -0.662. The van der Waals surface area contributed by atoms with Gasteiger partial charge >= 0.3 is 6.03 Å². The molecule has 1 heterocycles. The number of benzene rings is 1. The number of amides is 4. The van der Waals surface area contributed by atoms with E-state index in [0.717, 1.165) is 12.8 Å². The fourth-order valence-electron chi connectivity index (χ4n) is 2.74. The predicted octanol–water partition coefficient (Wildman–Crippen LogP) is -0.132. The van der Waals surface area contributed by atoms with Gasteiger partial charge in [0.25, 0.3) is 5.91 Å². The number of imide groups is 1. The first-order chi connectivity index (χ1) is 9.61. The molecular weight excluding hydrogens is 258 g/mol. The molecule has 0 bridgehead atoms. The van der Waals surface area contributed by atoms with Crippen molar-refractivity contribution in [2.45, 2.75) is 31.3 Å². The summed E-state index contributed by atoms with van der Waals surface area (Å²) in [5, 5.41) is 7.45. The first kappa shape index (κ1) is 12.7. The van der Waals surface area contributed by atoms with E-state index in [9.17, 15) is 14.4 Å². The van der Waals surface area contributed by atoms with Gasteiger partial charge in [0.15, 0.2) is 0 Å². The van der Waals surface area contributed by atoms with Crippen LogP contribution in [0, 0.1) is 0 Å². The smallest absolute Gasteiger partial charge is 0.322 e. The Hall–Kier alpha value is -2.37. The summed E-state index contributed by atoms with van der Waals surface area (Å²) in [5.41, 5.74) is 2.51. The highest BCUT2D eigenvalue weighted by molar-refractivity contribution is 6.05. The first-order valence-electron chi connectivity index (χ1n) is 6.59. The fraction of sp³-hybridized carbons (Fsp3) is 0.357. The molecule has 0 spiro atoms. The minimum atomic E-state index is -0.758. The molecule has 1 aliphatic heterocycles. The summed E-state index contributed by atoms with van der Waals surface area (Å²) in [4.78, 5) is 34.2. The Bertz CT molecular complexity index is 560. The monoisotopic (exact) mass is 273 g/mol. The van der Waals surface area contributed by atoms with Crippen molar-refractivity contribution in [3.63, 3.8) is 0 Å². The van der Waals surface area contributed by atoms with Crippen molar-refractivity contribution in [3.05, 3.63) is 35.4 Å². The van der Waals surface area contributed by atoms with Crippen LogP contribution in [0.4, 0.5) is 4.79 Å². The largest absolute Gasteiger partial charge is 0.353 e. The number of hydrogen-bond acceptors (Lipinski definition) is 3. The summed E-state index contributed by atoms with van der Waals surface area (Å²) in [6.45, 7) is 0. The molecule has 2 aliphatic rings. The van der Waals surface area contributed by atoms with Crippen molar-refractivity contribution in [2.75, 3.05) is 0 Å². The molecule has 1 atom stereocenters. The second-order valence-electron chi connectivity index (χ2n) is 5.16. The second-order valence-corrected chi connectivity index (χ2v) is 5.16. The zero-order chi connectivity index (χ0) is 14.1. The van der Waals surface area contributed by atoms with Crippen LogP contribution in [0.2, 0.25) is 0 Å². The lowest BCUT2D eigenvalue weighted by molar-refractivity contribution is -0.126.